The van der Waals surface area contributed by atoms with Gasteiger partial charge in [0.15, 0.2) is 5.82 Å². The summed E-state index contributed by atoms with van der Waals surface area (Å²) in [6, 6.07) is 16.6. The number of nitrogens with zero attached hydrogens (tertiary/aromatic N) is 3. The second kappa shape index (κ2) is 6.78. The van der Waals surface area contributed by atoms with Crippen LogP contribution in [0.25, 0.3) is 11.3 Å². The third kappa shape index (κ3) is 3.33. The molecule has 0 saturated heterocycles. The van der Waals surface area contributed by atoms with E-state index < -0.39 is 0 Å². The first-order valence-electron chi connectivity index (χ1n) is 7.40. The molecule has 3 rings (SSSR count). The molecular formula is C18H17N5O. The lowest BCUT2D eigenvalue weighted by Crippen LogP contribution is -2.19. The van der Waals surface area contributed by atoms with Gasteiger partial charge in [0.05, 0.1) is 18.4 Å². The van der Waals surface area contributed by atoms with E-state index in [1.807, 2.05) is 30.3 Å². The fourth-order valence-electron chi connectivity index (χ4n) is 2.24. The maximum Gasteiger partial charge on any atom is 0.153 e. The van der Waals surface area contributed by atoms with Crippen molar-refractivity contribution in [2.75, 3.05) is 5.73 Å². The molecule has 0 radical (unpaired) electrons. The van der Waals surface area contributed by atoms with Crippen molar-refractivity contribution in [2.45, 2.75) is 6.54 Å². The summed E-state index contributed by atoms with van der Waals surface area (Å²) < 4.78 is 0. The highest BCUT2D eigenvalue weighted by atomic mass is 16.3. The lowest BCUT2D eigenvalue weighted by molar-refractivity contribution is 0.477. The number of hydrogen-bond donors (Lipinski definition) is 3. The number of rotatable bonds is 4. The molecule has 3 aromatic rings. The van der Waals surface area contributed by atoms with Crippen LogP contribution in [-0.2, 0) is 6.54 Å². The van der Waals surface area contributed by atoms with Gasteiger partial charge in [0.1, 0.15) is 17.3 Å². The Labute approximate surface area is 139 Å². The first-order valence-corrected chi connectivity index (χ1v) is 7.40. The van der Waals surface area contributed by atoms with Crippen LogP contribution in [0.15, 0.2) is 65.8 Å². The Kier molecular flexibility index (Phi) is 4.38. The monoisotopic (exact) mass is 319 g/mol. The number of phenols is 1. The number of benzene rings is 2. The highest BCUT2D eigenvalue weighted by Gasteiger charge is 2.12. The fraction of sp³-hybridized carbons (Fsp3) is 0.0556. The van der Waals surface area contributed by atoms with Gasteiger partial charge in [-0.25, -0.2) is 9.97 Å². The maximum absolute atomic E-state index is 9.95. The van der Waals surface area contributed by atoms with Crippen LogP contribution in [0.1, 0.15) is 11.3 Å². The third-order valence-corrected chi connectivity index (χ3v) is 3.50. The van der Waals surface area contributed by atoms with Crippen LogP contribution in [0.4, 0.5) is 5.82 Å². The average Bonchev–Trinajstić information content (AvgIpc) is 2.61. The number of nitrogens with two attached hydrogens (primary N) is 2. The molecule has 5 N–H and O–H groups in total. The van der Waals surface area contributed by atoms with E-state index in [4.69, 9.17) is 11.5 Å². The standard InChI is InChI=1S/C18H17N5O/c19-17(21-10-12-6-2-1-3-7-12)16-18(20)22-11-14(23-16)13-8-4-5-9-15(13)24/h1-9,11,24H,10H2,(H2,19,21)(H2,20,22). The average molecular weight is 319 g/mol. The summed E-state index contributed by atoms with van der Waals surface area (Å²) in [5.74, 6) is 0.520. The largest absolute Gasteiger partial charge is 0.507 e. The molecule has 0 amide bonds. The van der Waals surface area contributed by atoms with Crippen LogP contribution in [0.2, 0.25) is 0 Å². The molecule has 1 aromatic heterocycles. The number of aromatic nitrogens is 2. The lowest BCUT2D eigenvalue weighted by atomic mass is 10.1. The normalized spacial score (nSPS) is 11.4. The van der Waals surface area contributed by atoms with Crippen LogP contribution >= 0.6 is 0 Å². The van der Waals surface area contributed by atoms with Gasteiger partial charge < -0.3 is 16.6 Å². The fourth-order valence-corrected chi connectivity index (χ4v) is 2.24. The molecule has 0 saturated carbocycles. The predicted octanol–water partition coefficient (Wildman–Crippen LogP) is 2.34. The van der Waals surface area contributed by atoms with E-state index in [1.165, 1.54) is 6.20 Å². The Morgan fingerprint density at radius 2 is 1.75 bits per heavy atom. The number of aromatic hydroxyl groups is 1. The van der Waals surface area contributed by atoms with Crippen LogP contribution in [0, 0.1) is 0 Å². The molecule has 0 aliphatic rings. The maximum atomic E-state index is 9.95. The van der Waals surface area contributed by atoms with Gasteiger partial charge in [-0.2, -0.15) is 0 Å². The van der Waals surface area contributed by atoms with Crippen molar-refractivity contribution in [3.63, 3.8) is 0 Å². The van der Waals surface area contributed by atoms with Gasteiger partial charge in [-0.05, 0) is 17.7 Å². The van der Waals surface area contributed by atoms with Gasteiger partial charge >= 0.3 is 0 Å². The Morgan fingerprint density at radius 1 is 1.04 bits per heavy atom. The molecule has 0 bridgehead atoms. The number of nitrogen functional groups attached to an aromatic ring is 1. The highest BCUT2D eigenvalue weighted by molar-refractivity contribution is 5.99. The van der Waals surface area contributed by atoms with Crippen molar-refractivity contribution in [3.8, 4) is 17.0 Å². The number of para-hydroxylation sites is 1. The van der Waals surface area contributed by atoms with E-state index in [1.54, 1.807) is 24.3 Å². The molecule has 0 aliphatic carbocycles. The lowest BCUT2D eigenvalue weighted by Gasteiger charge is -2.08. The van der Waals surface area contributed by atoms with E-state index in [0.29, 0.717) is 23.5 Å². The van der Waals surface area contributed by atoms with Gasteiger partial charge in [-0.1, -0.05) is 42.5 Å². The molecular weight excluding hydrogens is 302 g/mol. The molecule has 0 atom stereocenters. The zero-order valence-corrected chi connectivity index (χ0v) is 12.9. The van der Waals surface area contributed by atoms with Crippen molar-refractivity contribution in [1.82, 2.24) is 9.97 Å². The summed E-state index contributed by atoms with van der Waals surface area (Å²) in [6.07, 6.45) is 1.50. The molecule has 6 heteroatoms. The molecule has 24 heavy (non-hydrogen) atoms. The number of hydrogen-bond acceptors (Lipinski definition) is 5. The van der Waals surface area contributed by atoms with Crippen molar-refractivity contribution >= 4 is 11.7 Å². The first-order chi connectivity index (χ1) is 11.6. The molecule has 0 spiro atoms. The van der Waals surface area contributed by atoms with Crippen molar-refractivity contribution in [1.29, 1.82) is 0 Å². The zero-order chi connectivity index (χ0) is 16.9. The van der Waals surface area contributed by atoms with Crippen molar-refractivity contribution < 1.29 is 5.11 Å². The molecule has 0 fully saturated rings. The van der Waals surface area contributed by atoms with E-state index in [0.717, 1.165) is 5.56 Å². The Hall–Kier alpha value is -3.41. The summed E-state index contributed by atoms with van der Waals surface area (Å²) in [5.41, 5.74) is 14.3. The summed E-state index contributed by atoms with van der Waals surface area (Å²) in [5, 5.41) is 9.95. The zero-order valence-electron chi connectivity index (χ0n) is 12.9. The van der Waals surface area contributed by atoms with Crippen molar-refractivity contribution in [3.05, 3.63) is 72.1 Å². The number of amidine groups is 1. The van der Waals surface area contributed by atoms with Gasteiger partial charge in [-0.15, -0.1) is 0 Å². The van der Waals surface area contributed by atoms with Crippen molar-refractivity contribution in [2.24, 2.45) is 10.7 Å². The van der Waals surface area contributed by atoms with Gasteiger partial charge in [0.2, 0.25) is 0 Å². The molecule has 1 heterocycles. The van der Waals surface area contributed by atoms with Crippen LogP contribution in [0.3, 0.4) is 0 Å². The van der Waals surface area contributed by atoms with E-state index in [2.05, 4.69) is 15.0 Å². The summed E-state index contributed by atoms with van der Waals surface area (Å²) in [4.78, 5) is 12.9. The van der Waals surface area contributed by atoms with E-state index in [-0.39, 0.29) is 17.4 Å². The summed E-state index contributed by atoms with van der Waals surface area (Å²) >= 11 is 0. The molecule has 2 aromatic carbocycles. The molecule has 120 valence electrons. The topological polar surface area (TPSA) is 110 Å². The van der Waals surface area contributed by atoms with E-state index in [9.17, 15) is 5.11 Å². The Morgan fingerprint density at radius 3 is 2.50 bits per heavy atom. The minimum Gasteiger partial charge on any atom is -0.507 e. The number of phenolic OH excluding ortho intramolecular Hbond substituents is 1. The third-order valence-electron chi connectivity index (χ3n) is 3.50. The Bertz CT molecular complexity index is 878. The van der Waals surface area contributed by atoms with Gasteiger partial charge in [0, 0.05) is 5.56 Å². The van der Waals surface area contributed by atoms with Gasteiger partial charge in [-0.3, -0.25) is 4.99 Å². The minimum absolute atomic E-state index is 0.113. The number of anilines is 1. The molecule has 0 unspecified atom stereocenters. The molecule has 0 aliphatic heterocycles. The quantitative estimate of drug-likeness (QED) is 0.505. The summed E-state index contributed by atoms with van der Waals surface area (Å²) in [6.45, 7) is 0.425. The highest BCUT2D eigenvalue weighted by Crippen LogP contribution is 2.27. The second-order valence-corrected chi connectivity index (χ2v) is 5.19. The number of aliphatic imine (C=N–C) groups is 1. The molecule has 6 nitrogen and oxygen atoms in total. The smallest absolute Gasteiger partial charge is 0.153 e. The minimum atomic E-state index is 0.113. The summed E-state index contributed by atoms with van der Waals surface area (Å²) in [7, 11) is 0. The first kappa shape index (κ1) is 15.5. The van der Waals surface area contributed by atoms with Crippen LogP contribution in [-0.4, -0.2) is 20.9 Å². The van der Waals surface area contributed by atoms with Crippen LogP contribution in [0.5, 0.6) is 5.75 Å². The SMILES string of the molecule is NC(=NCc1ccccc1)c1nc(-c2ccccc2O)cnc1N. The van der Waals surface area contributed by atoms with E-state index >= 15 is 0 Å². The van der Waals surface area contributed by atoms with Gasteiger partial charge in [0.25, 0.3) is 0 Å². The predicted molar refractivity (Wildman–Crippen MR) is 94.4 cm³/mol. The second-order valence-electron chi connectivity index (χ2n) is 5.19. The Balaban J connectivity index is 1.93. The van der Waals surface area contributed by atoms with Crippen LogP contribution < -0.4 is 11.5 Å².